The molecule has 2 rings (SSSR count). The summed E-state index contributed by atoms with van der Waals surface area (Å²) in [7, 11) is 1.33. The first-order valence-electron chi connectivity index (χ1n) is 8.22. The second-order valence-corrected chi connectivity index (χ2v) is 6.93. The van der Waals surface area contributed by atoms with Gasteiger partial charge >= 0.3 is 11.9 Å². The van der Waals surface area contributed by atoms with Gasteiger partial charge in [-0.1, -0.05) is 20.8 Å². The van der Waals surface area contributed by atoms with E-state index in [4.69, 9.17) is 14.2 Å². The van der Waals surface area contributed by atoms with E-state index in [-0.39, 0.29) is 11.4 Å². The van der Waals surface area contributed by atoms with E-state index in [9.17, 15) is 9.59 Å². The highest BCUT2D eigenvalue weighted by molar-refractivity contribution is 5.89. The van der Waals surface area contributed by atoms with E-state index in [1.165, 1.54) is 14.0 Å². The molecule has 0 radical (unpaired) electrons. The number of carbonyl (C=O) groups excluding carboxylic acids is 2. The number of imidazole rings is 1. The molecular weight excluding hydrogens is 336 g/mol. The lowest BCUT2D eigenvalue weighted by molar-refractivity contribution is -0.165. The number of rotatable bonds is 6. The van der Waals surface area contributed by atoms with Gasteiger partial charge in [0.2, 0.25) is 6.23 Å². The molecular formula is C19H24N2O5. The van der Waals surface area contributed by atoms with Crippen molar-refractivity contribution in [3.05, 3.63) is 48.5 Å². The Balaban J connectivity index is 2.33. The van der Waals surface area contributed by atoms with Gasteiger partial charge in [0.1, 0.15) is 5.75 Å². The fraction of sp³-hybridized carbons (Fsp3) is 0.421. The fourth-order valence-corrected chi connectivity index (χ4v) is 2.47. The number of ether oxygens (including phenoxy) is 3. The molecule has 0 fully saturated rings. The molecule has 140 valence electrons. The summed E-state index contributed by atoms with van der Waals surface area (Å²) in [6.45, 7) is 7.27. The fourth-order valence-electron chi connectivity index (χ4n) is 2.47. The van der Waals surface area contributed by atoms with Crippen LogP contribution >= 0.6 is 0 Å². The zero-order chi connectivity index (χ0) is 19.3. The lowest BCUT2D eigenvalue weighted by Crippen LogP contribution is -2.41. The largest absolute Gasteiger partial charge is 0.466 e. The highest BCUT2D eigenvalue weighted by Crippen LogP contribution is 2.33. The molecule has 0 saturated carbocycles. The van der Waals surface area contributed by atoms with E-state index in [1.54, 1.807) is 47.6 Å². The van der Waals surface area contributed by atoms with Crippen molar-refractivity contribution in [3.63, 3.8) is 0 Å². The number of esters is 2. The predicted molar refractivity (Wildman–Crippen MR) is 94.7 cm³/mol. The molecule has 2 aromatic rings. The van der Waals surface area contributed by atoms with Crippen molar-refractivity contribution < 1.29 is 23.8 Å². The van der Waals surface area contributed by atoms with Crippen LogP contribution in [0.3, 0.4) is 0 Å². The van der Waals surface area contributed by atoms with E-state index in [1.807, 2.05) is 20.8 Å². The van der Waals surface area contributed by atoms with Crippen LogP contribution in [0.4, 0.5) is 0 Å². The second kappa shape index (κ2) is 8.03. The summed E-state index contributed by atoms with van der Waals surface area (Å²) in [6, 6.07) is 6.57. The van der Waals surface area contributed by atoms with E-state index in [0.29, 0.717) is 11.3 Å². The first-order valence-corrected chi connectivity index (χ1v) is 8.22. The minimum atomic E-state index is -0.620. The molecule has 2 unspecified atom stereocenters. The quantitative estimate of drug-likeness (QED) is 0.736. The molecule has 0 aliphatic rings. The van der Waals surface area contributed by atoms with Gasteiger partial charge in [-0.05, 0) is 24.3 Å². The third-order valence-electron chi connectivity index (χ3n) is 3.76. The van der Waals surface area contributed by atoms with E-state index < -0.39 is 18.3 Å². The van der Waals surface area contributed by atoms with Crippen molar-refractivity contribution in [2.45, 2.75) is 40.0 Å². The standard InChI is InChI=1S/C19H24N2O5/c1-13(22)25-16(19(2,3)4)17(21-11-10-20-12-21)26-15-8-6-14(7-9-15)18(23)24-5/h6-12,16-17H,1-5H3. The van der Waals surface area contributed by atoms with Crippen molar-refractivity contribution in [2.24, 2.45) is 5.41 Å². The van der Waals surface area contributed by atoms with Gasteiger partial charge in [0, 0.05) is 24.7 Å². The normalized spacial score (nSPS) is 13.6. The number of benzene rings is 1. The van der Waals surface area contributed by atoms with Gasteiger partial charge < -0.3 is 14.2 Å². The molecule has 0 N–H and O–H groups in total. The summed E-state index contributed by atoms with van der Waals surface area (Å²) >= 11 is 0. The van der Waals surface area contributed by atoms with Crippen LogP contribution in [0.1, 0.15) is 44.3 Å². The molecule has 0 amide bonds. The Hall–Kier alpha value is -2.83. The molecule has 0 saturated heterocycles. The van der Waals surface area contributed by atoms with E-state index in [2.05, 4.69) is 4.98 Å². The number of hydrogen-bond donors (Lipinski definition) is 0. The first-order chi connectivity index (χ1) is 12.2. The zero-order valence-electron chi connectivity index (χ0n) is 15.6. The Labute approximate surface area is 152 Å². The Bertz CT molecular complexity index is 732. The Kier molecular flexibility index (Phi) is 6.02. The molecule has 1 heterocycles. The maximum Gasteiger partial charge on any atom is 0.337 e. The van der Waals surface area contributed by atoms with Crippen molar-refractivity contribution in [2.75, 3.05) is 7.11 Å². The summed E-state index contributed by atoms with van der Waals surface area (Å²) in [5.74, 6) is -0.285. The molecule has 1 aromatic heterocycles. The topological polar surface area (TPSA) is 79.7 Å². The maximum absolute atomic E-state index is 11.6. The lowest BCUT2D eigenvalue weighted by atomic mass is 9.87. The summed E-state index contributed by atoms with van der Waals surface area (Å²) in [5, 5.41) is 0. The maximum atomic E-state index is 11.6. The minimum Gasteiger partial charge on any atom is -0.466 e. The minimum absolute atomic E-state index is 0.382. The number of aromatic nitrogens is 2. The number of methoxy groups -OCH3 is 1. The van der Waals surface area contributed by atoms with Gasteiger partial charge in [0.05, 0.1) is 19.0 Å². The monoisotopic (exact) mass is 360 g/mol. The second-order valence-electron chi connectivity index (χ2n) is 6.93. The van der Waals surface area contributed by atoms with Crippen molar-refractivity contribution in [1.82, 2.24) is 9.55 Å². The van der Waals surface area contributed by atoms with Crippen LogP contribution in [0.25, 0.3) is 0 Å². The number of carbonyl (C=O) groups is 2. The van der Waals surface area contributed by atoms with Crippen molar-refractivity contribution >= 4 is 11.9 Å². The third-order valence-corrected chi connectivity index (χ3v) is 3.76. The van der Waals surface area contributed by atoms with Gasteiger partial charge in [-0.3, -0.25) is 9.36 Å². The Morgan fingerprint density at radius 3 is 2.27 bits per heavy atom. The summed E-state index contributed by atoms with van der Waals surface area (Å²) < 4.78 is 18.1. The number of hydrogen-bond acceptors (Lipinski definition) is 6. The lowest BCUT2D eigenvalue weighted by Gasteiger charge is -2.36. The van der Waals surface area contributed by atoms with Crippen LogP contribution in [0.15, 0.2) is 43.0 Å². The third kappa shape index (κ3) is 4.84. The smallest absolute Gasteiger partial charge is 0.337 e. The van der Waals surface area contributed by atoms with Gasteiger partial charge in [0.25, 0.3) is 0 Å². The average molecular weight is 360 g/mol. The van der Waals surface area contributed by atoms with Gasteiger partial charge in [-0.15, -0.1) is 0 Å². The van der Waals surface area contributed by atoms with Crippen molar-refractivity contribution in [3.8, 4) is 5.75 Å². The predicted octanol–water partition coefficient (Wildman–Crippen LogP) is 3.23. The molecule has 7 heteroatoms. The Morgan fingerprint density at radius 2 is 1.81 bits per heavy atom. The number of nitrogens with zero attached hydrogens (tertiary/aromatic N) is 2. The summed E-state index contributed by atoms with van der Waals surface area (Å²) in [6.07, 6.45) is 3.80. The van der Waals surface area contributed by atoms with Crippen LogP contribution in [-0.2, 0) is 14.3 Å². The molecule has 0 aliphatic heterocycles. The summed E-state index contributed by atoms with van der Waals surface area (Å²) in [4.78, 5) is 27.2. The molecule has 0 aliphatic carbocycles. The van der Waals surface area contributed by atoms with Crippen LogP contribution < -0.4 is 4.74 Å². The Morgan fingerprint density at radius 1 is 1.15 bits per heavy atom. The van der Waals surface area contributed by atoms with Gasteiger partial charge in [-0.2, -0.15) is 0 Å². The first kappa shape index (κ1) is 19.5. The zero-order valence-corrected chi connectivity index (χ0v) is 15.6. The molecule has 0 spiro atoms. The van der Waals surface area contributed by atoms with Gasteiger partial charge in [0.15, 0.2) is 6.10 Å². The molecule has 2 atom stereocenters. The summed E-state index contributed by atoms with van der Waals surface area (Å²) in [5.41, 5.74) is 0.0402. The highest BCUT2D eigenvalue weighted by atomic mass is 16.6. The van der Waals surface area contributed by atoms with Crippen LogP contribution in [0.5, 0.6) is 5.75 Å². The average Bonchev–Trinajstić information content (AvgIpc) is 3.11. The molecule has 26 heavy (non-hydrogen) atoms. The highest BCUT2D eigenvalue weighted by Gasteiger charge is 2.38. The SMILES string of the molecule is COC(=O)c1ccc(OC(C(OC(C)=O)C(C)(C)C)n2ccnc2)cc1. The van der Waals surface area contributed by atoms with E-state index >= 15 is 0 Å². The van der Waals surface area contributed by atoms with Crippen LogP contribution in [0, 0.1) is 5.41 Å². The molecule has 1 aromatic carbocycles. The van der Waals surface area contributed by atoms with Gasteiger partial charge in [-0.25, -0.2) is 9.78 Å². The van der Waals surface area contributed by atoms with E-state index in [0.717, 1.165) is 0 Å². The molecule has 7 nitrogen and oxygen atoms in total. The van der Waals surface area contributed by atoms with Crippen LogP contribution in [-0.4, -0.2) is 34.7 Å². The van der Waals surface area contributed by atoms with Crippen LogP contribution in [0.2, 0.25) is 0 Å². The van der Waals surface area contributed by atoms with Crippen molar-refractivity contribution in [1.29, 1.82) is 0 Å². The molecule has 0 bridgehead atoms.